The third-order valence-electron chi connectivity index (χ3n) is 3.07. The van der Waals surface area contributed by atoms with Crippen molar-refractivity contribution in [2.45, 2.75) is 31.6 Å². The van der Waals surface area contributed by atoms with Gasteiger partial charge in [-0.3, -0.25) is 9.59 Å². The fourth-order valence-electron chi connectivity index (χ4n) is 1.53. The molecule has 4 nitrogen and oxygen atoms in total. The van der Waals surface area contributed by atoms with Gasteiger partial charge >= 0.3 is 5.97 Å². The molecular formula is C15H20ClNO3S. The summed E-state index contributed by atoms with van der Waals surface area (Å²) in [6, 6.07) is 7.50. The van der Waals surface area contributed by atoms with Crippen molar-refractivity contribution < 1.29 is 14.7 Å². The van der Waals surface area contributed by atoms with Crippen LogP contribution in [0.2, 0.25) is 5.02 Å². The molecule has 1 aromatic rings. The highest BCUT2D eigenvalue weighted by atomic mass is 35.5. The van der Waals surface area contributed by atoms with E-state index in [2.05, 4.69) is 5.32 Å². The summed E-state index contributed by atoms with van der Waals surface area (Å²) in [4.78, 5) is 23.6. The monoisotopic (exact) mass is 329 g/mol. The molecule has 1 amide bonds. The lowest BCUT2D eigenvalue weighted by atomic mass is 9.90. The number of hydrogen-bond donors (Lipinski definition) is 2. The highest BCUT2D eigenvalue weighted by molar-refractivity contribution is 7.99. The maximum absolute atomic E-state index is 11.7. The lowest BCUT2D eigenvalue weighted by molar-refractivity contribution is -0.147. The van der Waals surface area contributed by atoms with Gasteiger partial charge in [0.25, 0.3) is 0 Å². The summed E-state index contributed by atoms with van der Waals surface area (Å²) in [7, 11) is 0. The minimum atomic E-state index is -0.856. The number of carbonyl (C=O) groups excluding carboxylic acids is 1. The Hall–Kier alpha value is -1.20. The summed E-state index contributed by atoms with van der Waals surface area (Å²) in [5.74, 6) is -0.292. The maximum Gasteiger partial charge on any atom is 0.309 e. The van der Waals surface area contributed by atoms with E-state index in [1.807, 2.05) is 24.3 Å². The Bertz CT molecular complexity index is 505. The van der Waals surface area contributed by atoms with Gasteiger partial charge in [-0.2, -0.15) is 0 Å². The second-order valence-electron chi connectivity index (χ2n) is 5.32. The second kappa shape index (κ2) is 8.29. The smallest absolute Gasteiger partial charge is 0.309 e. The topological polar surface area (TPSA) is 66.4 Å². The van der Waals surface area contributed by atoms with Crippen molar-refractivity contribution in [1.29, 1.82) is 0 Å². The molecule has 6 heteroatoms. The number of hydrogen-bond acceptors (Lipinski definition) is 3. The van der Waals surface area contributed by atoms with Crippen molar-refractivity contribution in [2.24, 2.45) is 5.41 Å². The maximum atomic E-state index is 11.7. The number of carboxylic acid groups (broad SMARTS) is 1. The van der Waals surface area contributed by atoms with Crippen LogP contribution in [0.5, 0.6) is 0 Å². The first-order chi connectivity index (χ1) is 9.83. The number of benzene rings is 1. The van der Waals surface area contributed by atoms with Crippen LogP contribution in [0.4, 0.5) is 0 Å². The van der Waals surface area contributed by atoms with Gasteiger partial charge in [-0.25, -0.2) is 0 Å². The van der Waals surface area contributed by atoms with E-state index in [0.29, 0.717) is 30.2 Å². The molecule has 0 saturated heterocycles. The van der Waals surface area contributed by atoms with E-state index >= 15 is 0 Å². The van der Waals surface area contributed by atoms with Crippen LogP contribution in [0.3, 0.4) is 0 Å². The highest BCUT2D eigenvalue weighted by Crippen LogP contribution is 2.26. The van der Waals surface area contributed by atoms with Crippen molar-refractivity contribution in [3.8, 4) is 0 Å². The van der Waals surface area contributed by atoms with Gasteiger partial charge in [-0.1, -0.05) is 23.7 Å². The minimum absolute atomic E-state index is 0.0734. The van der Waals surface area contributed by atoms with Gasteiger partial charge in [0.1, 0.15) is 0 Å². The van der Waals surface area contributed by atoms with Crippen LogP contribution < -0.4 is 5.32 Å². The molecule has 0 radical (unpaired) electrons. The summed E-state index contributed by atoms with van der Waals surface area (Å²) >= 11 is 7.56. The average molecular weight is 330 g/mol. The molecule has 116 valence electrons. The molecule has 0 aromatic heterocycles. The van der Waals surface area contributed by atoms with E-state index in [0.717, 1.165) is 4.90 Å². The molecule has 0 unspecified atom stereocenters. The van der Waals surface area contributed by atoms with E-state index in [-0.39, 0.29) is 5.91 Å². The van der Waals surface area contributed by atoms with E-state index < -0.39 is 11.4 Å². The number of carboxylic acids is 1. The molecule has 0 spiro atoms. The number of thioether (sulfide) groups is 1. The number of nitrogens with one attached hydrogen (secondary N) is 1. The van der Waals surface area contributed by atoms with Crippen LogP contribution in [-0.4, -0.2) is 29.3 Å². The van der Waals surface area contributed by atoms with Gasteiger partial charge in [-0.05, 0) is 32.4 Å². The molecule has 1 rings (SSSR count). The molecule has 0 aliphatic rings. The van der Waals surface area contributed by atoms with Crippen LogP contribution >= 0.6 is 23.4 Å². The van der Waals surface area contributed by atoms with Crippen molar-refractivity contribution in [3.05, 3.63) is 29.3 Å². The Morgan fingerprint density at radius 1 is 1.33 bits per heavy atom. The number of amides is 1. The summed E-state index contributed by atoms with van der Waals surface area (Å²) in [5, 5.41) is 12.4. The van der Waals surface area contributed by atoms with Crippen molar-refractivity contribution in [1.82, 2.24) is 5.32 Å². The summed E-state index contributed by atoms with van der Waals surface area (Å²) < 4.78 is 0. The zero-order valence-electron chi connectivity index (χ0n) is 12.2. The first-order valence-corrected chi connectivity index (χ1v) is 8.07. The van der Waals surface area contributed by atoms with Gasteiger partial charge in [0, 0.05) is 23.6 Å². The lowest BCUT2D eigenvalue weighted by Crippen LogP contribution is -2.32. The van der Waals surface area contributed by atoms with Crippen molar-refractivity contribution in [2.75, 3.05) is 12.3 Å². The van der Waals surface area contributed by atoms with Crippen molar-refractivity contribution >= 4 is 35.2 Å². The summed E-state index contributed by atoms with van der Waals surface area (Å²) in [6.07, 6.45) is 0.787. The third-order valence-corrected chi connectivity index (χ3v) is 4.59. The quantitative estimate of drug-likeness (QED) is 0.717. The fraction of sp³-hybridized carbons (Fsp3) is 0.467. The Kier molecular flexibility index (Phi) is 7.05. The molecule has 1 aromatic carbocycles. The highest BCUT2D eigenvalue weighted by Gasteiger charge is 2.26. The molecule has 0 aliphatic carbocycles. The zero-order chi connectivity index (χ0) is 15.9. The predicted octanol–water partition coefficient (Wildman–Crippen LogP) is 3.44. The first kappa shape index (κ1) is 17.9. The average Bonchev–Trinajstić information content (AvgIpc) is 2.40. The van der Waals surface area contributed by atoms with E-state index in [4.69, 9.17) is 16.7 Å². The van der Waals surface area contributed by atoms with Gasteiger partial charge < -0.3 is 10.4 Å². The normalized spacial score (nSPS) is 11.2. The third kappa shape index (κ3) is 6.40. The van der Waals surface area contributed by atoms with Gasteiger partial charge in [-0.15, -0.1) is 11.8 Å². The number of aliphatic carboxylic acids is 1. The molecule has 0 fully saturated rings. The van der Waals surface area contributed by atoms with E-state index in [1.165, 1.54) is 11.8 Å². The Labute approximate surface area is 134 Å². The van der Waals surface area contributed by atoms with Crippen LogP contribution in [0.25, 0.3) is 0 Å². The number of carbonyl (C=O) groups is 2. The Balaban J connectivity index is 2.23. The Morgan fingerprint density at radius 2 is 2.00 bits per heavy atom. The minimum Gasteiger partial charge on any atom is -0.481 e. The number of halogens is 1. The van der Waals surface area contributed by atoms with Gasteiger partial charge in [0.2, 0.25) is 5.91 Å². The summed E-state index contributed by atoms with van der Waals surface area (Å²) in [6.45, 7) is 3.67. The van der Waals surface area contributed by atoms with Gasteiger partial charge in [0.05, 0.1) is 10.4 Å². The molecule has 0 aliphatic heterocycles. The largest absolute Gasteiger partial charge is 0.481 e. The molecule has 21 heavy (non-hydrogen) atoms. The zero-order valence-corrected chi connectivity index (χ0v) is 13.8. The molecule has 2 N–H and O–H groups in total. The SMILES string of the molecule is CC(C)(CCNC(=O)CCSc1ccccc1Cl)C(=O)O. The van der Waals surface area contributed by atoms with E-state index in [1.54, 1.807) is 13.8 Å². The molecular weight excluding hydrogens is 310 g/mol. The number of rotatable bonds is 8. The van der Waals surface area contributed by atoms with Crippen LogP contribution in [0.1, 0.15) is 26.7 Å². The first-order valence-electron chi connectivity index (χ1n) is 6.70. The summed E-state index contributed by atoms with van der Waals surface area (Å²) in [5.41, 5.74) is -0.820. The fourth-order valence-corrected chi connectivity index (χ4v) is 2.71. The van der Waals surface area contributed by atoms with Crippen molar-refractivity contribution in [3.63, 3.8) is 0 Å². The molecule has 0 bridgehead atoms. The van der Waals surface area contributed by atoms with E-state index in [9.17, 15) is 9.59 Å². The van der Waals surface area contributed by atoms with Gasteiger partial charge in [0.15, 0.2) is 0 Å². The molecule has 0 saturated carbocycles. The van der Waals surface area contributed by atoms with Crippen LogP contribution in [0, 0.1) is 5.41 Å². The standard InChI is InChI=1S/C15H20ClNO3S/c1-15(2,14(19)20)8-9-17-13(18)7-10-21-12-6-4-3-5-11(12)16/h3-6H,7-10H2,1-2H3,(H,17,18)(H,19,20). The lowest BCUT2D eigenvalue weighted by Gasteiger charge is -2.18. The second-order valence-corrected chi connectivity index (χ2v) is 6.86. The Morgan fingerprint density at radius 3 is 2.62 bits per heavy atom. The van der Waals surface area contributed by atoms with Crippen LogP contribution in [0.15, 0.2) is 29.2 Å². The molecule has 0 atom stereocenters. The van der Waals surface area contributed by atoms with Crippen LogP contribution in [-0.2, 0) is 9.59 Å². The molecule has 0 heterocycles. The predicted molar refractivity (Wildman–Crippen MR) is 85.8 cm³/mol.